The Morgan fingerprint density at radius 2 is 1.68 bits per heavy atom. The number of urea groups is 1. The maximum absolute atomic E-state index is 13.3. The average Bonchev–Trinajstić information content (AvgIpc) is 3.28. The zero-order valence-electron chi connectivity index (χ0n) is 17.5. The number of hydrogen-bond acceptors (Lipinski definition) is 3. The van der Waals surface area contributed by atoms with Crippen molar-refractivity contribution < 1.29 is 9.59 Å². The second-order valence-corrected chi connectivity index (χ2v) is 9.12. The molecule has 5 nitrogen and oxygen atoms in total. The Morgan fingerprint density at radius 1 is 0.935 bits per heavy atom. The summed E-state index contributed by atoms with van der Waals surface area (Å²) >= 11 is 5.02. The first kappa shape index (κ1) is 23.0. The summed E-state index contributed by atoms with van der Waals surface area (Å²) in [5, 5.41) is 4.90. The summed E-state index contributed by atoms with van der Waals surface area (Å²) in [4.78, 5) is 30.6. The van der Waals surface area contributed by atoms with Gasteiger partial charge in [0, 0.05) is 28.1 Å². The first-order valence-electron chi connectivity index (χ1n) is 10.2. The molecule has 31 heavy (non-hydrogen) atoms. The lowest BCUT2D eigenvalue weighted by molar-refractivity contribution is -0.133. The van der Waals surface area contributed by atoms with Gasteiger partial charge >= 0.3 is 6.03 Å². The van der Waals surface area contributed by atoms with E-state index in [0.717, 1.165) is 21.3 Å². The fourth-order valence-electron chi connectivity index (χ4n) is 3.15. The highest BCUT2D eigenvalue weighted by molar-refractivity contribution is 9.10. The van der Waals surface area contributed by atoms with Crippen molar-refractivity contribution in [3.63, 3.8) is 0 Å². The van der Waals surface area contributed by atoms with Crippen LogP contribution in [0.2, 0.25) is 0 Å². The number of nitrogens with zero attached hydrogens (tertiary/aromatic N) is 2. The lowest BCUT2D eigenvalue weighted by Crippen LogP contribution is -2.44. The standard InChI is InChI=1S/C24H26BrN3O2S/c1-2-14-27(24(30)26-21-12-10-20(25)11-13-21)18-23(29)28(17-22-9-6-15-31-22)16-19-7-4-3-5-8-19/h3-13,15H,2,14,16-18H2,1H3,(H,26,30). The van der Waals surface area contributed by atoms with Crippen LogP contribution in [0.3, 0.4) is 0 Å². The normalized spacial score (nSPS) is 10.5. The number of amides is 3. The largest absolute Gasteiger partial charge is 0.332 e. The third-order valence-corrected chi connectivity index (χ3v) is 6.09. The van der Waals surface area contributed by atoms with Gasteiger partial charge in [0.05, 0.1) is 6.54 Å². The number of rotatable bonds is 9. The van der Waals surface area contributed by atoms with E-state index in [1.54, 1.807) is 16.2 Å². The van der Waals surface area contributed by atoms with Gasteiger partial charge in [-0.05, 0) is 47.7 Å². The Balaban J connectivity index is 1.71. The van der Waals surface area contributed by atoms with E-state index < -0.39 is 0 Å². The summed E-state index contributed by atoms with van der Waals surface area (Å²) < 4.78 is 0.941. The topological polar surface area (TPSA) is 52.7 Å². The summed E-state index contributed by atoms with van der Waals surface area (Å²) in [6.07, 6.45) is 0.768. The van der Waals surface area contributed by atoms with E-state index in [1.165, 1.54) is 0 Å². The lowest BCUT2D eigenvalue weighted by Gasteiger charge is -2.27. The van der Waals surface area contributed by atoms with Crippen LogP contribution in [-0.2, 0) is 17.9 Å². The van der Waals surface area contributed by atoms with Crippen LogP contribution in [0, 0.1) is 0 Å². The number of halogens is 1. The molecular weight excluding hydrogens is 474 g/mol. The molecule has 1 heterocycles. The van der Waals surface area contributed by atoms with Gasteiger partial charge in [-0.25, -0.2) is 4.79 Å². The van der Waals surface area contributed by atoms with Crippen LogP contribution >= 0.6 is 27.3 Å². The molecule has 0 saturated carbocycles. The minimum atomic E-state index is -0.270. The average molecular weight is 500 g/mol. The van der Waals surface area contributed by atoms with Crippen LogP contribution in [0.4, 0.5) is 10.5 Å². The van der Waals surface area contributed by atoms with Gasteiger partial charge in [0.1, 0.15) is 6.54 Å². The second-order valence-electron chi connectivity index (χ2n) is 7.17. The Morgan fingerprint density at radius 3 is 2.32 bits per heavy atom. The van der Waals surface area contributed by atoms with Gasteiger partial charge in [-0.15, -0.1) is 11.3 Å². The molecule has 3 rings (SSSR count). The molecule has 2 aromatic carbocycles. The van der Waals surface area contributed by atoms with Crippen molar-refractivity contribution in [2.75, 3.05) is 18.4 Å². The fraction of sp³-hybridized carbons (Fsp3) is 0.250. The third-order valence-electron chi connectivity index (χ3n) is 4.70. The number of carbonyl (C=O) groups excluding carboxylic acids is 2. The van der Waals surface area contributed by atoms with Gasteiger partial charge in [0.2, 0.25) is 5.91 Å². The van der Waals surface area contributed by atoms with Crippen LogP contribution in [0.5, 0.6) is 0 Å². The van der Waals surface area contributed by atoms with Crippen molar-refractivity contribution in [1.82, 2.24) is 9.80 Å². The van der Waals surface area contributed by atoms with Crippen molar-refractivity contribution in [3.8, 4) is 0 Å². The minimum absolute atomic E-state index is 0.0361. The summed E-state index contributed by atoms with van der Waals surface area (Å²) in [5.74, 6) is -0.0725. The third kappa shape index (κ3) is 7.22. The Hall–Kier alpha value is -2.64. The van der Waals surface area contributed by atoms with Crippen molar-refractivity contribution in [3.05, 3.63) is 87.0 Å². The number of carbonyl (C=O) groups is 2. The molecule has 1 N–H and O–H groups in total. The molecule has 162 valence electrons. The Kier molecular flexibility index (Phi) is 8.67. The van der Waals surface area contributed by atoms with Gasteiger partial charge in [-0.1, -0.05) is 59.3 Å². The van der Waals surface area contributed by atoms with Crippen LogP contribution < -0.4 is 5.32 Å². The van der Waals surface area contributed by atoms with Gasteiger partial charge < -0.3 is 15.1 Å². The quantitative estimate of drug-likeness (QED) is 0.393. The molecule has 0 atom stereocenters. The maximum atomic E-state index is 13.3. The number of hydrogen-bond donors (Lipinski definition) is 1. The van der Waals surface area contributed by atoms with E-state index >= 15 is 0 Å². The molecule has 0 saturated heterocycles. The summed E-state index contributed by atoms with van der Waals surface area (Å²) in [6, 6.07) is 21.1. The van der Waals surface area contributed by atoms with E-state index in [2.05, 4.69) is 21.2 Å². The van der Waals surface area contributed by atoms with E-state index in [4.69, 9.17) is 0 Å². The van der Waals surface area contributed by atoms with Crippen LogP contribution in [-0.4, -0.2) is 34.8 Å². The minimum Gasteiger partial charge on any atom is -0.332 e. The SMILES string of the molecule is CCCN(CC(=O)N(Cc1ccccc1)Cc1cccs1)C(=O)Nc1ccc(Br)cc1. The lowest BCUT2D eigenvalue weighted by atomic mass is 10.2. The summed E-state index contributed by atoms with van der Waals surface area (Å²) in [5.41, 5.74) is 1.76. The van der Waals surface area contributed by atoms with E-state index in [0.29, 0.717) is 25.3 Å². The van der Waals surface area contributed by atoms with Gasteiger partial charge in [-0.3, -0.25) is 4.79 Å². The predicted molar refractivity (Wildman–Crippen MR) is 130 cm³/mol. The summed E-state index contributed by atoms with van der Waals surface area (Å²) in [6.45, 7) is 3.57. The molecule has 0 spiro atoms. The van der Waals surface area contributed by atoms with Crippen LogP contribution in [0.1, 0.15) is 23.8 Å². The molecule has 3 aromatic rings. The molecule has 0 bridgehead atoms. The Labute approximate surface area is 195 Å². The number of benzene rings is 2. The molecular formula is C24H26BrN3O2S. The van der Waals surface area contributed by atoms with Crippen molar-refractivity contribution in [2.24, 2.45) is 0 Å². The molecule has 0 unspecified atom stereocenters. The molecule has 0 aliphatic carbocycles. The zero-order chi connectivity index (χ0) is 22.1. The second kappa shape index (κ2) is 11.7. The highest BCUT2D eigenvalue weighted by atomic mass is 79.9. The first-order valence-corrected chi connectivity index (χ1v) is 11.9. The molecule has 3 amide bonds. The molecule has 0 aliphatic rings. The predicted octanol–water partition coefficient (Wildman–Crippen LogP) is 5.98. The molecule has 0 aliphatic heterocycles. The monoisotopic (exact) mass is 499 g/mol. The zero-order valence-corrected chi connectivity index (χ0v) is 19.9. The van der Waals surface area contributed by atoms with E-state index in [-0.39, 0.29) is 18.5 Å². The van der Waals surface area contributed by atoms with E-state index in [1.807, 2.05) is 83.9 Å². The first-order chi connectivity index (χ1) is 15.0. The van der Waals surface area contributed by atoms with Crippen molar-refractivity contribution in [1.29, 1.82) is 0 Å². The number of nitrogens with one attached hydrogen (secondary N) is 1. The highest BCUT2D eigenvalue weighted by Crippen LogP contribution is 2.17. The van der Waals surface area contributed by atoms with Crippen molar-refractivity contribution in [2.45, 2.75) is 26.4 Å². The molecule has 7 heteroatoms. The molecule has 0 radical (unpaired) electrons. The highest BCUT2D eigenvalue weighted by Gasteiger charge is 2.22. The van der Waals surface area contributed by atoms with Gasteiger partial charge in [0.15, 0.2) is 0 Å². The van der Waals surface area contributed by atoms with Gasteiger partial charge in [-0.2, -0.15) is 0 Å². The summed E-state index contributed by atoms with van der Waals surface area (Å²) in [7, 11) is 0. The Bertz CT molecular complexity index is 962. The fourth-order valence-corrected chi connectivity index (χ4v) is 4.13. The molecule has 1 aromatic heterocycles. The van der Waals surface area contributed by atoms with Crippen LogP contribution in [0.15, 0.2) is 76.6 Å². The van der Waals surface area contributed by atoms with Gasteiger partial charge in [0.25, 0.3) is 0 Å². The molecule has 0 fully saturated rings. The maximum Gasteiger partial charge on any atom is 0.322 e. The van der Waals surface area contributed by atoms with E-state index in [9.17, 15) is 9.59 Å². The number of thiophene rings is 1. The smallest absolute Gasteiger partial charge is 0.322 e. The van der Waals surface area contributed by atoms with Crippen molar-refractivity contribution >= 4 is 44.9 Å². The van der Waals surface area contributed by atoms with Crippen LogP contribution in [0.25, 0.3) is 0 Å². The number of anilines is 1.